The fourth-order valence-corrected chi connectivity index (χ4v) is 2.93. The summed E-state index contributed by atoms with van der Waals surface area (Å²) in [5, 5.41) is 0. The van der Waals surface area contributed by atoms with E-state index in [1.807, 2.05) is 13.0 Å². The molecule has 1 nitrogen and oxygen atoms in total. The summed E-state index contributed by atoms with van der Waals surface area (Å²) >= 11 is 0. The van der Waals surface area contributed by atoms with Gasteiger partial charge in [-0.15, -0.1) is 0 Å². The van der Waals surface area contributed by atoms with Crippen LogP contribution < -0.4 is 0 Å². The molecule has 0 heterocycles. The third-order valence-electron chi connectivity index (χ3n) is 4.33. The Morgan fingerprint density at radius 2 is 1.43 bits per heavy atom. The van der Waals surface area contributed by atoms with Crippen molar-refractivity contribution in [2.24, 2.45) is 0 Å². The molecule has 0 fully saturated rings. The highest BCUT2D eigenvalue weighted by molar-refractivity contribution is 5.79. The van der Waals surface area contributed by atoms with Gasteiger partial charge < -0.3 is 0 Å². The molecule has 1 aromatic carbocycles. The van der Waals surface area contributed by atoms with Gasteiger partial charge >= 0.3 is 0 Å². The molecule has 0 amide bonds. The van der Waals surface area contributed by atoms with Gasteiger partial charge in [0.25, 0.3) is 0 Å². The fraction of sp³-hybridized carbons (Fsp3) is 0.650. The molecule has 0 bridgehead atoms. The molecule has 21 heavy (non-hydrogen) atoms. The summed E-state index contributed by atoms with van der Waals surface area (Å²) in [6, 6.07) is 6.18. The smallest absolute Gasteiger partial charge is 0.150 e. The lowest BCUT2D eigenvalue weighted by molar-refractivity contribution is 0.112. The van der Waals surface area contributed by atoms with E-state index in [0.717, 1.165) is 23.8 Å². The number of aryl methyl sites for hydroxylation is 2. The Hall–Kier alpha value is -1.11. The maximum atomic E-state index is 11.1. The third-order valence-corrected chi connectivity index (χ3v) is 4.33. The van der Waals surface area contributed by atoms with Gasteiger partial charge in [0.15, 0.2) is 6.29 Å². The Morgan fingerprint density at radius 1 is 0.857 bits per heavy atom. The van der Waals surface area contributed by atoms with Gasteiger partial charge in [-0.1, -0.05) is 82.9 Å². The van der Waals surface area contributed by atoms with Gasteiger partial charge in [-0.2, -0.15) is 0 Å². The first kappa shape index (κ1) is 17.9. The highest BCUT2D eigenvalue weighted by atomic mass is 16.1. The molecule has 0 unspecified atom stereocenters. The summed E-state index contributed by atoms with van der Waals surface area (Å²) in [5.41, 5.74) is 3.24. The largest absolute Gasteiger partial charge is 0.298 e. The summed E-state index contributed by atoms with van der Waals surface area (Å²) in [6.45, 7) is 4.29. The van der Waals surface area contributed by atoms with Crippen molar-refractivity contribution in [1.82, 2.24) is 0 Å². The molecule has 0 aliphatic heterocycles. The van der Waals surface area contributed by atoms with Crippen molar-refractivity contribution in [2.75, 3.05) is 0 Å². The Balaban J connectivity index is 2.07. The second-order valence-corrected chi connectivity index (χ2v) is 6.20. The van der Waals surface area contributed by atoms with Crippen molar-refractivity contribution in [3.8, 4) is 0 Å². The van der Waals surface area contributed by atoms with E-state index in [-0.39, 0.29) is 0 Å². The van der Waals surface area contributed by atoms with Gasteiger partial charge in [0.1, 0.15) is 0 Å². The highest BCUT2D eigenvalue weighted by Gasteiger charge is 2.03. The molecule has 0 aromatic heterocycles. The van der Waals surface area contributed by atoms with Gasteiger partial charge in [-0.25, -0.2) is 0 Å². The first-order valence-electron chi connectivity index (χ1n) is 8.83. The molecule has 0 aliphatic carbocycles. The Labute approximate surface area is 131 Å². The molecule has 0 aliphatic rings. The molecule has 0 saturated carbocycles. The predicted molar refractivity (Wildman–Crippen MR) is 92.1 cm³/mol. The van der Waals surface area contributed by atoms with Crippen molar-refractivity contribution >= 4 is 6.29 Å². The lowest BCUT2D eigenvalue weighted by Crippen LogP contribution is -1.96. The van der Waals surface area contributed by atoms with Crippen molar-refractivity contribution in [1.29, 1.82) is 0 Å². The van der Waals surface area contributed by atoms with Crippen LogP contribution in [0.5, 0.6) is 0 Å². The molecule has 1 rings (SSSR count). The first-order chi connectivity index (χ1) is 10.3. The van der Waals surface area contributed by atoms with Crippen molar-refractivity contribution in [3.05, 3.63) is 34.9 Å². The number of hydrogen-bond donors (Lipinski definition) is 0. The number of hydrogen-bond acceptors (Lipinski definition) is 1. The zero-order valence-corrected chi connectivity index (χ0v) is 14.0. The Kier molecular flexibility index (Phi) is 9.86. The van der Waals surface area contributed by atoms with Crippen LogP contribution in [0.3, 0.4) is 0 Å². The van der Waals surface area contributed by atoms with Gasteiger partial charge in [0.05, 0.1) is 0 Å². The summed E-state index contributed by atoms with van der Waals surface area (Å²) in [7, 11) is 0. The summed E-state index contributed by atoms with van der Waals surface area (Å²) < 4.78 is 0. The van der Waals surface area contributed by atoms with E-state index in [4.69, 9.17) is 0 Å². The van der Waals surface area contributed by atoms with E-state index in [0.29, 0.717) is 0 Å². The normalized spacial score (nSPS) is 10.8. The lowest BCUT2D eigenvalue weighted by Gasteiger charge is -2.07. The van der Waals surface area contributed by atoms with Gasteiger partial charge in [0, 0.05) is 5.56 Å². The van der Waals surface area contributed by atoms with Gasteiger partial charge in [-0.3, -0.25) is 4.79 Å². The lowest BCUT2D eigenvalue weighted by atomic mass is 9.97. The monoisotopic (exact) mass is 288 g/mol. The van der Waals surface area contributed by atoms with Gasteiger partial charge in [0.2, 0.25) is 0 Å². The second kappa shape index (κ2) is 11.5. The van der Waals surface area contributed by atoms with E-state index in [2.05, 4.69) is 19.1 Å². The third kappa shape index (κ3) is 7.45. The van der Waals surface area contributed by atoms with E-state index < -0.39 is 0 Å². The van der Waals surface area contributed by atoms with Crippen LogP contribution in [-0.4, -0.2) is 6.29 Å². The van der Waals surface area contributed by atoms with Crippen LogP contribution in [0.15, 0.2) is 18.2 Å². The van der Waals surface area contributed by atoms with E-state index >= 15 is 0 Å². The highest BCUT2D eigenvalue weighted by Crippen LogP contribution is 2.16. The average Bonchev–Trinajstić information content (AvgIpc) is 2.49. The quantitative estimate of drug-likeness (QED) is 0.327. The predicted octanol–water partition coefficient (Wildman–Crippen LogP) is 6.27. The van der Waals surface area contributed by atoms with Crippen LogP contribution in [0.2, 0.25) is 0 Å². The molecular weight excluding hydrogens is 256 g/mol. The molecule has 0 spiro atoms. The number of benzene rings is 1. The minimum absolute atomic E-state index is 0.911. The van der Waals surface area contributed by atoms with E-state index in [9.17, 15) is 4.79 Å². The molecule has 118 valence electrons. The van der Waals surface area contributed by atoms with Crippen LogP contribution in [-0.2, 0) is 6.42 Å². The molecule has 0 atom stereocenters. The van der Waals surface area contributed by atoms with Crippen molar-refractivity contribution < 1.29 is 4.79 Å². The molecular formula is C20H32O. The first-order valence-corrected chi connectivity index (χ1v) is 8.83. The zero-order chi connectivity index (χ0) is 15.3. The minimum Gasteiger partial charge on any atom is -0.298 e. The van der Waals surface area contributed by atoms with Gasteiger partial charge in [-0.05, 0) is 30.9 Å². The van der Waals surface area contributed by atoms with Crippen LogP contribution >= 0.6 is 0 Å². The number of aldehydes is 1. The number of unbranched alkanes of at least 4 members (excludes halogenated alkanes) is 9. The molecule has 1 aromatic rings. The van der Waals surface area contributed by atoms with Crippen LogP contribution in [0.25, 0.3) is 0 Å². The summed E-state index contributed by atoms with van der Waals surface area (Å²) in [5.74, 6) is 0. The molecule has 0 radical (unpaired) electrons. The second-order valence-electron chi connectivity index (χ2n) is 6.20. The Bertz CT molecular complexity index is 395. The standard InChI is InChI=1S/C20H32O/c1-3-4-5-6-7-8-9-10-11-12-15-19-16-13-14-18(2)20(19)17-21/h13-14,16-17H,3-12,15H2,1-2H3. The zero-order valence-electron chi connectivity index (χ0n) is 14.0. The van der Waals surface area contributed by atoms with E-state index in [1.165, 1.54) is 69.8 Å². The number of carbonyl (C=O) groups is 1. The number of rotatable bonds is 12. The maximum Gasteiger partial charge on any atom is 0.150 e. The minimum atomic E-state index is 0.911. The van der Waals surface area contributed by atoms with Crippen LogP contribution in [0.4, 0.5) is 0 Å². The summed E-state index contributed by atoms with van der Waals surface area (Å²) in [6.07, 6.45) is 15.7. The molecule has 0 saturated heterocycles. The maximum absolute atomic E-state index is 11.1. The molecule has 1 heteroatoms. The molecule has 0 N–H and O–H groups in total. The van der Waals surface area contributed by atoms with Crippen molar-refractivity contribution in [3.63, 3.8) is 0 Å². The SMILES string of the molecule is CCCCCCCCCCCCc1cccc(C)c1C=O. The van der Waals surface area contributed by atoms with E-state index in [1.54, 1.807) is 0 Å². The van der Waals surface area contributed by atoms with Crippen molar-refractivity contribution in [2.45, 2.75) is 84.5 Å². The van der Waals surface area contributed by atoms with Crippen LogP contribution in [0, 0.1) is 6.92 Å². The summed E-state index contributed by atoms with van der Waals surface area (Å²) in [4.78, 5) is 11.1. The average molecular weight is 288 g/mol. The number of carbonyl (C=O) groups excluding carboxylic acids is 1. The van der Waals surface area contributed by atoms with Crippen LogP contribution in [0.1, 0.15) is 92.6 Å². The fourth-order valence-electron chi connectivity index (χ4n) is 2.93. The topological polar surface area (TPSA) is 17.1 Å². The Morgan fingerprint density at radius 3 is 2.00 bits per heavy atom.